The Morgan fingerprint density at radius 3 is 2.41 bits per heavy atom. The second-order valence-corrected chi connectivity index (χ2v) is 6.40. The van der Waals surface area contributed by atoms with E-state index in [9.17, 15) is 9.59 Å². The van der Waals surface area contributed by atoms with Crippen molar-refractivity contribution in [3.8, 4) is 0 Å². The molecule has 22 heavy (non-hydrogen) atoms. The molecule has 1 saturated carbocycles. The van der Waals surface area contributed by atoms with E-state index in [0.717, 1.165) is 0 Å². The first kappa shape index (κ1) is 15.4. The Morgan fingerprint density at radius 1 is 1.18 bits per heavy atom. The van der Waals surface area contributed by atoms with E-state index in [4.69, 9.17) is 28.3 Å². The van der Waals surface area contributed by atoms with Crippen LogP contribution in [0.3, 0.4) is 0 Å². The lowest BCUT2D eigenvalue weighted by molar-refractivity contribution is -0.142. The van der Waals surface area contributed by atoms with Gasteiger partial charge in [0.2, 0.25) is 5.91 Å². The Hall–Kier alpha value is -1.53. The maximum absolute atomic E-state index is 12.2. The number of piperazine rings is 1. The van der Waals surface area contributed by atoms with Crippen molar-refractivity contribution < 1.29 is 14.7 Å². The Balaban J connectivity index is 1.59. The third-order valence-electron chi connectivity index (χ3n) is 4.10. The number of carbonyl (C=O) groups is 2. The lowest BCUT2D eigenvalue weighted by Gasteiger charge is -2.35. The van der Waals surface area contributed by atoms with Crippen molar-refractivity contribution in [2.24, 2.45) is 11.8 Å². The molecule has 2 atom stereocenters. The minimum Gasteiger partial charge on any atom is -0.481 e. The van der Waals surface area contributed by atoms with Crippen LogP contribution in [0.5, 0.6) is 0 Å². The summed E-state index contributed by atoms with van der Waals surface area (Å²) in [5.41, 5.74) is 0. The molecule has 1 saturated heterocycles. The SMILES string of the molecule is O=C(O)[C@H]1C[C@H]1C(=O)N1CCN(c2ncc(Cl)cc2Cl)CC1. The summed E-state index contributed by atoms with van der Waals surface area (Å²) in [5, 5.41) is 9.87. The molecule has 0 unspecified atom stereocenters. The maximum atomic E-state index is 12.2. The van der Waals surface area contributed by atoms with Gasteiger partial charge in [-0.2, -0.15) is 0 Å². The molecule has 0 spiro atoms. The zero-order chi connectivity index (χ0) is 15.9. The number of pyridine rings is 1. The number of carboxylic acid groups (broad SMARTS) is 1. The molecule has 6 nitrogen and oxygen atoms in total. The molecule has 118 valence electrons. The van der Waals surface area contributed by atoms with Gasteiger partial charge in [0, 0.05) is 32.4 Å². The fourth-order valence-corrected chi connectivity index (χ4v) is 3.25. The van der Waals surface area contributed by atoms with Gasteiger partial charge in [-0.25, -0.2) is 4.98 Å². The van der Waals surface area contributed by atoms with Gasteiger partial charge >= 0.3 is 5.97 Å². The summed E-state index contributed by atoms with van der Waals surface area (Å²) in [7, 11) is 0. The average Bonchev–Trinajstić information content (AvgIpc) is 3.27. The van der Waals surface area contributed by atoms with E-state index in [-0.39, 0.29) is 11.8 Å². The zero-order valence-corrected chi connectivity index (χ0v) is 13.2. The number of hydrogen-bond donors (Lipinski definition) is 1. The highest BCUT2D eigenvalue weighted by Crippen LogP contribution is 2.40. The third kappa shape index (κ3) is 2.98. The predicted molar refractivity (Wildman–Crippen MR) is 82.3 cm³/mol. The minimum atomic E-state index is -0.880. The molecule has 1 aromatic heterocycles. The lowest BCUT2D eigenvalue weighted by Crippen LogP contribution is -2.49. The molecule has 0 bridgehead atoms. The van der Waals surface area contributed by atoms with Crippen molar-refractivity contribution in [3.05, 3.63) is 22.3 Å². The van der Waals surface area contributed by atoms with Gasteiger partial charge in [0.15, 0.2) is 0 Å². The van der Waals surface area contributed by atoms with Gasteiger partial charge in [-0.3, -0.25) is 9.59 Å². The number of carbonyl (C=O) groups excluding carboxylic acids is 1. The number of hydrogen-bond acceptors (Lipinski definition) is 4. The second-order valence-electron chi connectivity index (χ2n) is 5.56. The highest BCUT2D eigenvalue weighted by Gasteiger charge is 2.50. The molecule has 8 heteroatoms. The second kappa shape index (κ2) is 5.93. The van der Waals surface area contributed by atoms with E-state index >= 15 is 0 Å². The van der Waals surface area contributed by atoms with Gasteiger partial charge in [0.1, 0.15) is 5.82 Å². The Bertz CT molecular complexity index is 617. The largest absolute Gasteiger partial charge is 0.481 e. The molecular weight excluding hydrogens is 329 g/mol. The fraction of sp³-hybridized carbons (Fsp3) is 0.500. The molecule has 1 aliphatic heterocycles. The van der Waals surface area contributed by atoms with E-state index in [1.54, 1.807) is 17.2 Å². The number of halogens is 2. The number of nitrogens with zero attached hydrogens (tertiary/aromatic N) is 3. The van der Waals surface area contributed by atoms with Gasteiger partial charge in [-0.15, -0.1) is 0 Å². The van der Waals surface area contributed by atoms with Crippen molar-refractivity contribution in [1.29, 1.82) is 0 Å². The summed E-state index contributed by atoms with van der Waals surface area (Å²) < 4.78 is 0. The monoisotopic (exact) mass is 343 g/mol. The van der Waals surface area contributed by atoms with Crippen molar-refractivity contribution in [1.82, 2.24) is 9.88 Å². The molecule has 2 aliphatic rings. The Morgan fingerprint density at radius 2 is 1.86 bits per heavy atom. The normalized spacial score (nSPS) is 24.3. The van der Waals surface area contributed by atoms with Crippen LogP contribution in [-0.2, 0) is 9.59 Å². The van der Waals surface area contributed by atoms with Crippen molar-refractivity contribution in [3.63, 3.8) is 0 Å². The van der Waals surface area contributed by atoms with Gasteiger partial charge in [0.05, 0.1) is 21.9 Å². The van der Waals surface area contributed by atoms with Crippen LogP contribution in [0.25, 0.3) is 0 Å². The van der Waals surface area contributed by atoms with Crippen molar-refractivity contribution in [2.75, 3.05) is 31.1 Å². The van der Waals surface area contributed by atoms with Crippen LogP contribution in [0.2, 0.25) is 10.0 Å². The van der Waals surface area contributed by atoms with Gasteiger partial charge in [-0.05, 0) is 12.5 Å². The predicted octanol–water partition coefficient (Wildman–Crippen LogP) is 1.76. The molecule has 3 rings (SSSR count). The van der Waals surface area contributed by atoms with E-state index in [0.29, 0.717) is 48.5 Å². The highest BCUT2D eigenvalue weighted by atomic mass is 35.5. The lowest BCUT2D eigenvalue weighted by atomic mass is 10.2. The average molecular weight is 344 g/mol. The van der Waals surface area contributed by atoms with Gasteiger partial charge < -0.3 is 14.9 Å². The summed E-state index contributed by atoms with van der Waals surface area (Å²) >= 11 is 12.0. The summed E-state index contributed by atoms with van der Waals surface area (Å²) in [4.78, 5) is 31.0. The molecule has 0 radical (unpaired) electrons. The molecule has 0 aromatic carbocycles. The number of rotatable bonds is 3. The van der Waals surface area contributed by atoms with E-state index < -0.39 is 11.9 Å². The summed E-state index contributed by atoms with van der Waals surface area (Å²) in [6.07, 6.45) is 2.00. The molecule has 1 aromatic rings. The van der Waals surface area contributed by atoms with Crippen LogP contribution >= 0.6 is 23.2 Å². The van der Waals surface area contributed by atoms with Crippen molar-refractivity contribution >= 4 is 40.9 Å². The molecule has 1 N–H and O–H groups in total. The third-order valence-corrected chi connectivity index (χ3v) is 4.59. The molecule has 1 aliphatic carbocycles. The first-order chi connectivity index (χ1) is 10.5. The van der Waals surface area contributed by atoms with Crippen LogP contribution in [0.15, 0.2) is 12.3 Å². The van der Waals surface area contributed by atoms with Crippen LogP contribution in [0.1, 0.15) is 6.42 Å². The smallest absolute Gasteiger partial charge is 0.307 e. The first-order valence-corrected chi connectivity index (χ1v) is 7.80. The molecule has 2 fully saturated rings. The van der Waals surface area contributed by atoms with Crippen molar-refractivity contribution in [2.45, 2.75) is 6.42 Å². The summed E-state index contributed by atoms with van der Waals surface area (Å²) in [6.45, 7) is 2.32. The number of amides is 1. The number of carboxylic acids is 1. The minimum absolute atomic E-state index is 0.0535. The Kier molecular flexibility index (Phi) is 4.14. The number of anilines is 1. The van der Waals surface area contributed by atoms with E-state index in [2.05, 4.69) is 4.98 Å². The molecule has 2 heterocycles. The van der Waals surface area contributed by atoms with Crippen LogP contribution in [0.4, 0.5) is 5.82 Å². The quantitative estimate of drug-likeness (QED) is 0.905. The topological polar surface area (TPSA) is 73.7 Å². The van der Waals surface area contributed by atoms with Crippen LogP contribution in [0, 0.1) is 11.8 Å². The zero-order valence-electron chi connectivity index (χ0n) is 11.7. The fourth-order valence-electron chi connectivity index (χ4n) is 2.75. The number of aliphatic carboxylic acids is 1. The van der Waals surface area contributed by atoms with E-state index in [1.807, 2.05) is 4.90 Å². The molecule has 1 amide bonds. The van der Waals surface area contributed by atoms with Crippen LogP contribution in [-0.4, -0.2) is 53.0 Å². The first-order valence-electron chi connectivity index (χ1n) is 7.05. The number of aromatic nitrogens is 1. The van der Waals surface area contributed by atoms with Gasteiger partial charge in [0.25, 0.3) is 0 Å². The Labute approximate surface area is 137 Å². The summed E-state index contributed by atoms with van der Waals surface area (Å²) in [5.74, 6) is -1.12. The van der Waals surface area contributed by atoms with E-state index in [1.165, 1.54) is 0 Å². The van der Waals surface area contributed by atoms with Crippen LogP contribution < -0.4 is 4.90 Å². The maximum Gasteiger partial charge on any atom is 0.307 e. The molecular formula is C14H15Cl2N3O3. The van der Waals surface area contributed by atoms with Gasteiger partial charge in [-0.1, -0.05) is 23.2 Å². The summed E-state index contributed by atoms with van der Waals surface area (Å²) in [6, 6.07) is 1.64. The standard InChI is InChI=1S/C14H15Cl2N3O3/c15-8-5-11(16)12(17-7-8)18-1-3-19(4-2-18)13(20)9-6-10(9)14(21)22/h5,7,9-10H,1-4,6H2,(H,21,22)/t9-,10+/m1/s1. The highest BCUT2D eigenvalue weighted by molar-refractivity contribution is 6.36.